The summed E-state index contributed by atoms with van der Waals surface area (Å²) in [6, 6.07) is 6.34. The van der Waals surface area contributed by atoms with E-state index in [0.29, 0.717) is 0 Å². The van der Waals surface area contributed by atoms with Crippen molar-refractivity contribution in [2.75, 3.05) is 0 Å². The normalized spacial score (nSPS) is 14.7. The summed E-state index contributed by atoms with van der Waals surface area (Å²) in [5.74, 6) is 2.03. The molecule has 1 aromatic rings. The quantitative estimate of drug-likeness (QED) is 0.567. The Morgan fingerprint density at radius 2 is 2.08 bits per heavy atom. The standard InChI is InChI=1S/C11H12O/c1-8-3-5-10-6-4-9(2)12-11(10)7-8/h3-5,7H,6H2,1-2H3. The maximum atomic E-state index is 5.57. The van der Waals surface area contributed by atoms with Crippen LogP contribution in [0.1, 0.15) is 18.1 Å². The summed E-state index contributed by atoms with van der Waals surface area (Å²) in [4.78, 5) is 0. The van der Waals surface area contributed by atoms with Crippen LogP contribution < -0.4 is 4.74 Å². The number of benzene rings is 1. The molecule has 0 amide bonds. The lowest BCUT2D eigenvalue weighted by Gasteiger charge is -2.15. The molecule has 1 aliphatic rings. The summed E-state index contributed by atoms with van der Waals surface area (Å²) in [6.07, 6.45) is 3.11. The smallest absolute Gasteiger partial charge is 0.130 e. The largest absolute Gasteiger partial charge is 0.462 e. The molecule has 1 aromatic carbocycles. The second-order valence-electron chi connectivity index (χ2n) is 3.23. The molecule has 1 heterocycles. The molecule has 0 spiro atoms. The topological polar surface area (TPSA) is 9.23 Å². The SMILES string of the molecule is CC1=CCc2ccc(C)cc2O1. The molecule has 1 nitrogen and oxygen atoms in total. The first-order valence-electron chi connectivity index (χ1n) is 4.20. The third-order valence-electron chi connectivity index (χ3n) is 2.10. The summed E-state index contributed by atoms with van der Waals surface area (Å²) in [6.45, 7) is 4.07. The minimum atomic E-state index is 1.00. The van der Waals surface area contributed by atoms with Crippen LogP contribution in [0.2, 0.25) is 0 Å². The fourth-order valence-electron chi connectivity index (χ4n) is 1.39. The Bertz CT molecular complexity index is 337. The van der Waals surface area contributed by atoms with E-state index in [1.807, 2.05) is 6.92 Å². The second-order valence-corrected chi connectivity index (χ2v) is 3.23. The molecule has 0 atom stereocenters. The van der Waals surface area contributed by atoms with Crippen LogP contribution in [-0.2, 0) is 6.42 Å². The van der Waals surface area contributed by atoms with Crippen LogP contribution in [0.25, 0.3) is 0 Å². The van der Waals surface area contributed by atoms with Gasteiger partial charge in [0.15, 0.2) is 0 Å². The highest BCUT2D eigenvalue weighted by Gasteiger charge is 2.08. The zero-order valence-electron chi connectivity index (χ0n) is 7.42. The molecular formula is C11H12O. The molecule has 0 radical (unpaired) electrons. The first-order valence-corrected chi connectivity index (χ1v) is 4.20. The van der Waals surface area contributed by atoms with Crippen molar-refractivity contribution in [3.63, 3.8) is 0 Å². The molecule has 0 aromatic heterocycles. The van der Waals surface area contributed by atoms with Crippen LogP contribution >= 0.6 is 0 Å². The van der Waals surface area contributed by atoms with E-state index in [4.69, 9.17) is 4.74 Å². The van der Waals surface area contributed by atoms with Crippen molar-refractivity contribution in [2.45, 2.75) is 20.3 Å². The molecule has 62 valence electrons. The lowest BCUT2D eigenvalue weighted by atomic mass is 10.1. The number of hydrogen-bond donors (Lipinski definition) is 0. The van der Waals surface area contributed by atoms with Gasteiger partial charge >= 0.3 is 0 Å². The van der Waals surface area contributed by atoms with Crippen LogP contribution in [0.3, 0.4) is 0 Å². The maximum absolute atomic E-state index is 5.57. The summed E-state index contributed by atoms with van der Waals surface area (Å²) in [5, 5.41) is 0. The Morgan fingerprint density at radius 3 is 2.92 bits per heavy atom. The number of fused-ring (bicyclic) bond motifs is 1. The summed E-state index contributed by atoms with van der Waals surface area (Å²) in [5.41, 5.74) is 2.54. The van der Waals surface area contributed by atoms with Gasteiger partial charge in [-0.2, -0.15) is 0 Å². The average molecular weight is 160 g/mol. The third-order valence-corrected chi connectivity index (χ3v) is 2.10. The van der Waals surface area contributed by atoms with Crippen LogP contribution in [0.15, 0.2) is 30.0 Å². The van der Waals surface area contributed by atoms with Gasteiger partial charge < -0.3 is 4.74 Å². The van der Waals surface area contributed by atoms with E-state index in [9.17, 15) is 0 Å². The molecule has 0 aliphatic carbocycles. The van der Waals surface area contributed by atoms with Crippen LogP contribution in [0.4, 0.5) is 0 Å². The van der Waals surface area contributed by atoms with E-state index in [2.05, 4.69) is 31.2 Å². The molecule has 1 heteroatoms. The van der Waals surface area contributed by atoms with Gasteiger partial charge in [-0.25, -0.2) is 0 Å². The number of rotatable bonds is 0. The van der Waals surface area contributed by atoms with Crippen molar-refractivity contribution in [1.29, 1.82) is 0 Å². The van der Waals surface area contributed by atoms with Gasteiger partial charge in [-0.1, -0.05) is 12.1 Å². The van der Waals surface area contributed by atoms with E-state index >= 15 is 0 Å². The molecule has 2 rings (SSSR count). The summed E-state index contributed by atoms with van der Waals surface area (Å²) >= 11 is 0. The van der Waals surface area contributed by atoms with Gasteiger partial charge in [-0.3, -0.25) is 0 Å². The molecule has 0 N–H and O–H groups in total. The van der Waals surface area contributed by atoms with E-state index in [1.165, 1.54) is 11.1 Å². The van der Waals surface area contributed by atoms with Crippen LogP contribution in [-0.4, -0.2) is 0 Å². The Labute approximate surface area is 72.7 Å². The molecule has 1 aliphatic heterocycles. The molecule has 0 fully saturated rings. The lowest BCUT2D eigenvalue weighted by Crippen LogP contribution is -2.01. The molecule has 12 heavy (non-hydrogen) atoms. The Morgan fingerprint density at radius 1 is 1.25 bits per heavy atom. The van der Waals surface area contributed by atoms with Crippen molar-refractivity contribution in [3.05, 3.63) is 41.2 Å². The molecule has 0 saturated heterocycles. The first kappa shape index (κ1) is 7.41. The van der Waals surface area contributed by atoms with Gasteiger partial charge in [0.2, 0.25) is 0 Å². The van der Waals surface area contributed by atoms with Crippen molar-refractivity contribution in [3.8, 4) is 5.75 Å². The van der Waals surface area contributed by atoms with E-state index < -0.39 is 0 Å². The second kappa shape index (κ2) is 2.67. The average Bonchev–Trinajstić information content (AvgIpc) is 2.03. The van der Waals surface area contributed by atoms with Gasteiger partial charge in [0.05, 0.1) is 5.76 Å². The number of ether oxygens (including phenoxy) is 1. The van der Waals surface area contributed by atoms with E-state index in [0.717, 1.165) is 17.9 Å². The predicted octanol–water partition coefficient (Wildman–Crippen LogP) is 2.83. The molecule has 0 unspecified atom stereocenters. The first-order chi connectivity index (χ1) is 5.75. The highest BCUT2D eigenvalue weighted by Crippen LogP contribution is 2.26. The highest BCUT2D eigenvalue weighted by atomic mass is 16.5. The fraction of sp³-hybridized carbons (Fsp3) is 0.273. The van der Waals surface area contributed by atoms with Gasteiger partial charge in [-0.15, -0.1) is 0 Å². The monoisotopic (exact) mass is 160 g/mol. The van der Waals surface area contributed by atoms with Gasteiger partial charge in [0, 0.05) is 0 Å². The Kier molecular flexibility index (Phi) is 1.65. The number of allylic oxidation sites excluding steroid dienone is 2. The Hall–Kier alpha value is -1.24. The van der Waals surface area contributed by atoms with Crippen molar-refractivity contribution in [1.82, 2.24) is 0 Å². The Balaban J connectivity index is 2.43. The van der Waals surface area contributed by atoms with Gasteiger partial charge in [-0.05, 0) is 43.5 Å². The van der Waals surface area contributed by atoms with Crippen molar-refractivity contribution in [2.24, 2.45) is 0 Å². The molecular weight excluding hydrogens is 148 g/mol. The maximum Gasteiger partial charge on any atom is 0.130 e. The van der Waals surface area contributed by atoms with E-state index in [-0.39, 0.29) is 0 Å². The predicted molar refractivity (Wildman–Crippen MR) is 49.3 cm³/mol. The minimum Gasteiger partial charge on any atom is -0.462 e. The van der Waals surface area contributed by atoms with Crippen LogP contribution in [0.5, 0.6) is 5.75 Å². The zero-order chi connectivity index (χ0) is 8.55. The van der Waals surface area contributed by atoms with Crippen LogP contribution in [0, 0.1) is 6.92 Å². The third kappa shape index (κ3) is 1.22. The van der Waals surface area contributed by atoms with Gasteiger partial charge in [0.1, 0.15) is 5.75 Å². The van der Waals surface area contributed by atoms with Crippen molar-refractivity contribution >= 4 is 0 Å². The highest BCUT2D eigenvalue weighted by molar-refractivity contribution is 5.41. The zero-order valence-corrected chi connectivity index (χ0v) is 7.42. The minimum absolute atomic E-state index is 1.00. The number of aryl methyl sites for hydroxylation is 1. The fourth-order valence-corrected chi connectivity index (χ4v) is 1.39. The number of hydrogen-bond acceptors (Lipinski definition) is 1. The van der Waals surface area contributed by atoms with Crippen molar-refractivity contribution < 1.29 is 4.74 Å². The molecule has 0 bridgehead atoms. The molecule has 0 saturated carbocycles. The summed E-state index contributed by atoms with van der Waals surface area (Å²) in [7, 11) is 0. The van der Waals surface area contributed by atoms with E-state index in [1.54, 1.807) is 0 Å². The van der Waals surface area contributed by atoms with Gasteiger partial charge in [0.25, 0.3) is 0 Å². The summed E-state index contributed by atoms with van der Waals surface area (Å²) < 4.78 is 5.57. The lowest BCUT2D eigenvalue weighted by molar-refractivity contribution is 0.411.